The van der Waals surface area contributed by atoms with Crippen LogP contribution in [0.2, 0.25) is 0 Å². The molecule has 8 heteroatoms. The Bertz CT molecular complexity index is 864. The Hall–Kier alpha value is -2.92. The molecular weight excluding hydrogens is 380 g/mol. The molecule has 0 saturated carbocycles. The number of benzene rings is 1. The van der Waals surface area contributed by atoms with Gasteiger partial charge in [-0.15, -0.1) is 0 Å². The van der Waals surface area contributed by atoms with Gasteiger partial charge in [-0.1, -0.05) is 15.9 Å². The summed E-state index contributed by atoms with van der Waals surface area (Å²) in [5.41, 5.74) is -0.0549. The smallest absolute Gasteiger partial charge is 0.349 e. The van der Waals surface area contributed by atoms with Crippen molar-refractivity contribution in [3.8, 4) is 17.4 Å². The molecule has 24 heavy (non-hydrogen) atoms. The first-order valence-electron chi connectivity index (χ1n) is 6.79. The first-order chi connectivity index (χ1) is 11.5. The third-order valence-corrected chi connectivity index (χ3v) is 3.44. The van der Waals surface area contributed by atoms with Gasteiger partial charge >= 0.3 is 5.97 Å². The Morgan fingerprint density at radius 3 is 2.83 bits per heavy atom. The second kappa shape index (κ2) is 7.57. The van der Waals surface area contributed by atoms with Crippen LogP contribution in [-0.4, -0.2) is 17.5 Å². The Balaban J connectivity index is 2.40. The molecule has 1 heterocycles. The van der Waals surface area contributed by atoms with Crippen molar-refractivity contribution in [2.24, 2.45) is 0 Å². The zero-order chi connectivity index (χ0) is 17.7. The third-order valence-electron chi connectivity index (χ3n) is 2.95. The maximum absolute atomic E-state index is 11.6. The van der Waals surface area contributed by atoms with Crippen molar-refractivity contribution in [1.82, 2.24) is 0 Å². The van der Waals surface area contributed by atoms with Crippen LogP contribution in [0.3, 0.4) is 0 Å². The van der Waals surface area contributed by atoms with E-state index >= 15 is 0 Å². The number of halogens is 1. The van der Waals surface area contributed by atoms with Gasteiger partial charge in [0.15, 0.2) is 0 Å². The van der Waals surface area contributed by atoms with Gasteiger partial charge in [0, 0.05) is 16.6 Å². The van der Waals surface area contributed by atoms with Gasteiger partial charge in [-0.05, 0) is 31.2 Å². The SMILES string of the molecule is CCOC(=O)/C(C#N)=C/c1ccc(-c2ccc(Br)cc2[N+](=O)[O-])o1. The van der Waals surface area contributed by atoms with Gasteiger partial charge in [-0.3, -0.25) is 10.1 Å². The summed E-state index contributed by atoms with van der Waals surface area (Å²) in [5.74, 6) is -0.291. The quantitative estimate of drug-likeness (QED) is 0.250. The molecular formula is C16H11BrN2O5. The Kier molecular flexibility index (Phi) is 5.50. The number of hydrogen-bond donors (Lipinski definition) is 0. The Morgan fingerprint density at radius 2 is 2.21 bits per heavy atom. The molecule has 0 aliphatic carbocycles. The van der Waals surface area contributed by atoms with E-state index in [0.717, 1.165) is 0 Å². The summed E-state index contributed by atoms with van der Waals surface area (Å²) in [4.78, 5) is 22.2. The first kappa shape index (κ1) is 17.4. The van der Waals surface area contributed by atoms with Crippen LogP contribution >= 0.6 is 15.9 Å². The normalized spacial score (nSPS) is 11.0. The molecule has 0 N–H and O–H groups in total. The zero-order valence-corrected chi connectivity index (χ0v) is 14.1. The molecule has 2 aromatic rings. The summed E-state index contributed by atoms with van der Waals surface area (Å²) in [5, 5.41) is 20.2. The van der Waals surface area contributed by atoms with Gasteiger partial charge in [-0.2, -0.15) is 5.26 Å². The molecule has 0 amide bonds. The minimum absolute atomic E-state index is 0.125. The van der Waals surface area contributed by atoms with Gasteiger partial charge in [0.1, 0.15) is 23.2 Å². The molecule has 1 aromatic carbocycles. The predicted molar refractivity (Wildman–Crippen MR) is 88.7 cm³/mol. The maximum Gasteiger partial charge on any atom is 0.349 e. The molecule has 0 atom stereocenters. The maximum atomic E-state index is 11.6. The lowest BCUT2D eigenvalue weighted by Gasteiger charge is -2.00. The summed E-state index contributed by atoms with van der Waals surface area (Å²) < 4.78 is 10.8. The molecule has 7 nitrogen and oxygen atoms in total. The third kappa shape index (κ3) is 3.88. The van der Waals surface area contributed by atoms with Crippen LogP contribution in [0.4, 0.5) is 5.69 Å². The Morgan fingerprint density at radius 1 is 1.46 bits per heavy atom. The lowest BCUT2D eigenvalue weighted by molar-refractivity contribution is -0.384. The van der Waals surface area contributed by atoms with E-state index in [0.29, 0.717) is 4.47 Å². The second-order valence-corrected chi connectivity index (χ2v) is 5.43. The summed E-state index contributed by atoms with van der Waals surface area (Å²) in [6.07, 6.45) is 1.23. The summed E-state index contributed by atoms with van der Waals surface area (Å²) in [7, 11) is 0. The molecule has 2 rings (SSSR count). The number of nitro groups is 1. The van der Waals surface area contributed by atoms with E-state index < -0.39 is 10.9 Å². The number of hydrogen-bond acceptors (Lipinski definition) is 6. The van der Waals surface area contributed by atoms with E-state index in [1.807, 2.05) is 0 Å². The second-order valence-electron chi connectivity index (χ2n) is 4.51. The molecule has 0 bridgehead atoms. The number of rotatable bonds is 5. The number of carbonyl (C=O) groups excluding carboxylic acids is 1. The van der Waals surface area contributed by atoms with Crippen LogP contribution < -0.4 is 0 Å². The highest BCUT2D eigenvalue weighted by Gasteiger charge is 2.19. The van der Waals surface area contributed by atoms with Gasteiger partial charge in [0.25, 0.3) is 5.69 Å². The number of carbonyl (C=O) groups is 1. The van der Waals surface area contributed by atoms with Crippen LogP contribution in [0, 0.1) is 21.4 Å². The highest BCUT2D eigenvalue weighted by molar-refractivity contribution is 9.10. The average Bonchev–Trinajstić information content (AvgIpc) is 3.01. The predicted octanol–water partition coefficient (Wildman–Crippen LogP) is 4.09. The number of furan rings is 1. The van der Waals surface area contributed by atoms with Gasteiger partial charge in [0.2, 0.25) is 0 Å². The van der Waals surface area contributed by atoms with Crippen molar-refractivity contribution in [3.05, 3.63) is 56.3 Å². The van der Waals surface area contributed by atoms with Crippen LogP contribution in [0.1, 0.15) is 12.7 Å². The molecule has 0 aliphatic rings. The molecule has 0 fully saturated rings. The minimum atomic E-state index is -0.757. The molecule has 0 aliphatic heterocycles. The van der Waals surface area contributed by atoms with Gasteiger partial charge in [-0.25, -0.2) is 4.79 Å². The average molecular weight is 391 g/mol. The molecule has 122 valence electrons. The zero-order valence-electron chi connectivity index (χ0n) is 12.5. The summed E-state index contributed by atoms with van der Waals surface area (Å²) in [6.45, 7) is 1.77. The number of esters is 1. The fourth-order valence-electron chi connectivity index (χ4n) is 1.93. The largest absolute Gasteiger partial charge is 0.462 e. The monoisotopic (exact) mass is 390 g/mol. The molecule has 0 unspecified atom stereocenters. The lowest BCUT2D eigenvalue weighted by atomic mass is 10.1. The standard InChI is InChI=1S/C16H11BrN2O5/c1-2-23-16(20)10(9-18)7-12-4-6-15(24-12)13-5-3-11(17)8-14(13)19(21)22/h3-8H,2H2,1H3/b10-7+. The molecule has 1 aromatic heterocycles. The van der Waals surface area contributed by atoms with Crippen molar-refractivity contribution in [2.45, 2.75) is 6.92 Å². The Labute approximate surface area is 145 Å². The topological polar surface area (TPSA) is 106 Å². The van der Waals surface area contributed by atoms with E-state index in [1.54, 1.807) is 25.1 Å². The van der Waals surface area contributed by atoms with Crippen molar-refractivity contribution in [1.29, 1.82) is 5.26 Å². The van der Waals surface area contributed by atoms with Crippen molar-refractivity contribution < 1.29 is 18.9 Å². The van der Waals surface area contributed by atoms with Gasteiger partial charge < -0.3 is 9.15 Å². The van der Waals surface area contributed by atoms with Crippen LogP contribution in [-0.2, 0) is 9.53 Å². The summed E-state index contributed by atoms with van der Waals surface area (Å²) >= 11 is 3.18. The number of ether oxygens (including phenoxy) is 1. The van der Waals surface area contributed by atoms with Crippen LogP contribution in [0.15, 0.2) is 44.8 Å². The van der Waals surface area contributed by atoms with E-state index in [9.17, 15) is 14.9 Å². The minimum Gasteiger partial charge on any atom is -0.462 e. The van der Waals surface area contributed by atoms with Crippen LogP contribution in [0.5, 0.6) is 0 Å². The molecule has 0 saturated heterocycles. The fourth-order valence-corrected chi connectivity index (χ4v) is 2.28. The number of nitriles is 1. The highest BCUT2D eigenvalue weighted by Crippen LogP contribution is 2.33. The van der Waals surface area contributed by atoms with Crippen molar-refractivity contribution >= 4 is 33.7 Å². The molecule has 0 spiro atoms. The molecule has 0 radical (unpaired) electrons. The lowest BCUT2D eigenvalue weighted by Crippen LogP contribution is -2.05. The number of nitrogens with zero attached hydrogens (tertiary/aromatic N) is 2. The van der Waals surface area contributed by atoms with E-state index in [1.165, 1.54) is 24.3 Å². The highest BCUT2D eigenvalue weighted by atomic mass is 79.9. The number of nitro benzene ring substituents is 1. The van der Waals surface area contributed by atoms with Crippen LogP contribution in [0.25, 0.3) is 17.4 Å². The summed E-state index contributed by atoms with van der Waals surface area (Å²) in [6, 6.07) is 9.34. The first-order valence-corrected chi connectivity index (χ1v) is 7.58. The van der Waals surface area contributed by atoms with Gasteiger partial charge in [0.05, 0.1) is 17.1 Å². The van der Waals surface area contributed by atoms with Crippen molar-refractivity contribution in [3.63, 3.8) is 0 Å². The van der Waals surface area contributed by atoms with Crippen molar-refractivity contribution in [2.75, 3.05) is 6.61 Å². The fraction of sp³-hybridized carbons (Fsp3) is 0.125. The van der Waals surface area contributed by atoms with E-state index in [2.05, 4.69) is 15.9 Å². The van der Waals surface area contributed by atoms with E-state index in [-0.39, 0.29) is 35.0 Å². The van der Waals surface area contributed by atoms with E-state index in [4.69, 9.17) is 14.4 Å².